The third-order valence-electron chi connectivity index (χ3n) is 8.39. The molecule has 2 amide bonds. The average molecular weight is 731 g/mol. The molecule has 0 spiro atoms. The molecule has 2 heterocycles. The Labute approximate surface area is 305 Å². The summed E-state index contributed by atoms with van der Waals surface area (Å²) in [7, 11) is 3.71. The lowest BCUT2D eigenvalue weighted by molar-refractivity contribution is -0.143. The van der Waals surface area contributed by atoms with Gasteiger partial charge in [-0.3, -0.25) is 19.5 Å². The molecule has 2 aromatic heterocycles. The smallest absolute Gasteiger partial charge is 0.343 e. The Balaban J connectivity index is 1.42. The number of rotatable bonds is 14. The monoisotopic (exact) mass is 730 g/mol. The van der Waals surface area contributed by atoms with Crippen molar-refractivity contribution in [2.45, 2.75) is 31.7 Å². The minimum atomic E-state index is -4.47. The number of benzene rings is 3. The maximum absolute atomic E-state index is 14.4. The second-order valence-electron chi connectivity index (χ2n) is 12.2. The topological polar surface area (TPSA) is 56.8 Å². The SMILES string of the molecule is CN(CCN(C)C(=O)[C@H](Cc1ccccc1)N(Cc1ccc(-c2ccccn2)cc1)C(=O)/C=C/c1ccc(C(F)(F)F)cc1)Cc1ccc(Cl)s1. The molecule has 5 rings (SSSR count). The molecule has 0 fully saturated rings. The highest BCUT2D eigenvalue weighted by Gasteiger charge is 2.32. The average Bonchev–Trinajstić information content (AvgIpc) is 3.55. The van der Waals surface area contributed by atoms with Gasteiger partial charge in [-0.25, -0.2) is 0 Å². The molecule has 264 valence electrons. The molecule has 3 aromatic carbocycles. The van der Waals surface area contributed by atoms with Crippen molar-refractivity contribution in [3.05, 3.63) is 153 Å². The van der Waals surface area contributed by atoms with Crippen LogP contribution >= 0.6 is 22.9 Å². The first-order chi connectivity index (χ1) is 24.5. The molecule has 5 aromatic rings. The molecule has 0 aliphatic heterocycles. The normalized spacial score (nSPS) is 12.3. The first-order valence-corrected chi connectivity index (χ1v) is 17.5. The number of hydrogen-bond donors (Lipinski definition) is 0. The first kappa shape index (κ1) is 37.5. The van der Waals surface area contributed by atoms with E-state index in [1.165, 1.54) is 35.6 Å². The molecule has 11 heteroatoms. The Morgan fingerprint density at radius 2 is 1.53 bits per heavy atom. The molecular formula is C40H38ClF3N4O2S. The minimum Gasteiger partial charge on any atom is -0.343 e. The van der Waals surface area contributed by atoms with E-state index >= 15 is 0 Å². The van der Waals surface area contributed by atoms with Crippen molar-refractivity contribution in [2.24, 2.45) is 0 Å². The number of carbonyl (C=O) groups is 2. The molecule has 51 heavy (non-hydrogen) atoms. The van der Waals surface area contributed by atoms with Gasteiger partial charge < -0.3 is 9.80 Å². The van der Waals surface area contributed by atoms with Gasteiger partial charge in [0.15, 0.2) is 0 Å². The highest BCUT2D eigenvalue weighted by Crippen LogP contribution is 2.29. The summed E-state index contributed by atoms with van der Waals surface area (Å²) in [4.78, 5) is 39.3. The van der Waals surface area contributed by atoms with Crippen LogP contribution in [0, 0.1) is 0 Å². The molecule has 0 saturated carbocycles. The predicted molar refractivity (Wildman–Crippen MR) is 198 cm³/mol. The van der Waals surface area contributed by atoms with E-state index in [1.54, 1.807) is 23.0 Å². The van der Waals surface area contributed by atoms with Crippen LogP contribution in [0.4, 0.5) is 13.2 Å². The van der Waals surface area contributed by atoms with Crippen LogP contribution in [0.25, 0.3) is 17.3 Å². The van der Waals surface area contributed by atoms with E-state index in [0.717, 1.165) is 43.7 Å². The molecular weight excluding hydrogens is 693 g/mol. The van der Waals surface area contributed by atoms with Gasteiger partial charge in [0, 0.05) is 62.4 Å². The molecule has 0 saturated heterocycles. The van der Waals surface area contributed by atoms with Gasteiger partial charge in [-0.1, -0.05) is 84.4 Å². The summed E-state index contributed by atoms with van der Waals surface area (Å²) in [5, 5.41) is 0. The van der Waals surface area contributed by atoms with E-state index in [4.69, 9.17) is 11.6 Å². The van der Waals surface area contributed by atoms with Crippen molar-refractivity contribution in [3.63, 3.8) is 0 Å². The number of thiophene rings is 1. The van der Waals surface area contributed by atoms with Crippen LogP contribution in [-0.4, -0.2) is 64.7 Å². The van der Waals surface area contributed by atoms with Crippen LogP contribution in [0.1, 0.15) is 27.1 Å². The van der Waals surface area contributed by atoms with Gasteiger partial charge >= 0.3 is 6.18 Å². The molecule has 0 bridgehead atoms. The molecule has 6 nitrogen and oxygen atoms in total. The number of likely N-dealkylation sites (N-methyl/N-ethyl adjacent to an activating group) is 2. The molecule has 0 N–H and O–H groups in total. The summed E-state index contributed by atoms with van der Waals surface area (Å²) in [5.74, 6) is -0.675. The second-order valence-corrected chi connectivity index (χ2v) is 14.0. The minimum absolute atomic E-state index is 0.120. The Hall–Kier alpha value is -4.77. The van der Waals surface area contributed by atoms with Crippen LogP contribution < -0.4 is 0 Å². The zero-order valence-corrected chi connectivity index (χ0v) is 29.8. The lowest BCUT2D eigenvalue weighted by Crippen LogP contribution is -2.51. The summed E-state index contributed by atoms with van der Waals surface area (Å²) in [6.07, 6.45) is 0.303. The zero-order valence-electron chi connectivity index (χ0n) is 28.3. The number of alkyl halides is 3. The maximum atomic E-state index is 14.4. The van der Waals surface area contributed by atoms with Crippen molar-refractivity contribution < 1.29 is 22.8 Å². The lowest BCUT2D eigenvalue weighted by atomic mass is 10.0. The van der Waals surface area contributed by atoms with E-state index in [1.807, 2.05) is 92.0 Å². The van der Waals surface area contributed by atoms with Gasteiger partial charge in [0.25, 0.3) is 0 Å². The van der Waals surface area contributed by atoms with Gasteiger partial charge in [0.05, 0.1) is 15.6 Å². The highest BCUT2D eigenvalue weighted by atomic mass is 35.5. The Bertz CT molecular complexity index is 1900. The maximum Gasteiger partial charge on any atom is 0.416 e. The van der Waals surface area contributed by atoms with E-state index in [2.05, 4.69) is 9.88 Å². The lowest BCUT2D eigenvalue weighted by Gasteiger charge is -2.34. The number of carbonyl (C=O) groups excluding carboxylic acids is 2. The van der Waals surface area contributed by atoms with Gasteiger partial charge in [-0.05, 0) is 66.2 Å². The third kappa shape index (κ3) is 10.9. The second kappa shape index (κ2) is 17.4. The van der Waals surface area contributed by atoms with Gasteiger partial charge in [-0.15, -0.1) is 11.3 Å². The van der Waals surface area contributed by atoms with Gasteiger partial charge in [-0.2, -0.15) is 13.2 Å². The summed E-state index contributed by atoms with van der Waals surface area (Å²) in [5.41, 5.74) is 3.05. The third-order valence-corrected chi connectivity index (χ3v) is 9.60. The standard InChI is InChI=1S/C40H38ClF3N4O2S/c1-46(28-34-20-21-37(41)51-34)24-25-47(2)39(50)36(26-30-8-4-3-5-9-30)48(27-31-11-16-32(17-12-31)35-10-6-7-23-45-35)38(49)22-15-29-13-18-33(19-14-29)40(42,43)44/h3-23,36H,24-28H2,1-2H3/b22-15+/t36-/m0/s1. The van der Waals surface area contributed by atoms with E-state index in [9.17, 15) is 22.8 Å². The van der Waals surface area contributed by atoms with Crippen molar-refractivity contribution in [2.75, 3.05) is 27.2 Å². The molecule has 0 radical (unpaired) electrons. The van der Waals surface area contributed by atoms with Crippen LogP contribution in [-0.2, 0) is 35.3 Å². The van der Waals surface area contributed by atoms with E-state index in [-0.39, 0.29) is 18.9 Å². The van der Waals surface area contributed by atoms with E-state index < -0.39 is 23.7 Å². The summed E-state index contributed by atoms with van der Waals surface area (Å²) >= 11 is 7.62. The molecule has 0 unspecified atom stereocenters. The van der Waals surface area contributed by atoms with Crippen molar-refractivity contribution in [3.8, 4) is 11.3 Å². The predicted octanol–water partition coefficient (Wildman–Crippen LogP) is 8.73. The number of hydrogen-bond acceptors (Lipinski definition) is 5. The summed E-state index contributed by atoms with van der Waals surface area (Å²) < 4.78 is 40.2. The largest absolute Gasteiger partial charge is 0.416 e. The van der Waals surface area contributed by atoms with Crippen LogP contribution in [0.3, 0.4) is 0 Å². The molecule has 0 aliphatic rings. The number of halogens is 4. The van der Waals surface area contributed by atoms with Gasteiger partial charge in [0.1, 0.15) is 6.04 Å². The molecule has 0 aliphatic carbocycles. The van der Waals surface area contributed by atoms with Crippen LogP contribution in [0.2, 0.25) is 4.34 Å². The van der Waals surface area contributed by atoms with Crippen LogP contribution in [0.5, 0.6) is 0 Å². The number of nitrogens with zero attached hydrogens (tertiary/aromatic N) is 4. The highest BCUT2D eigenvalue weighted by molar-refractivity contribution is 7.16. The fourth-order valence-electron chi connectivity index (χ4n) is 5.53. The fourth-order valence-corrected chi connectivity index (χ4v) is 6.70. The van der Waals surface area contributed by atoms with Crippen molar-refractivity contribution in [1.82, 2.24) is 19.7 Å². The Morgan fingerprint density at radius 3 is 2.16 bits per heavy atom. The summed E-state index contributed by atoms with van der Waals surface area (Å²) in [6.45, 7) is 1.81. The quantitative estimate of drug-likeness (QED) is 0.107. The van der Waals surface area contributed by atoms with E-state index in [0.29, 0.717) is 25.2 Å². The number of aromatic nitrogens is 1. The Morgan fingerprint density at radius 1 is 0.824 bits per heavy atom. The number of pyridine rings is 1. The van der Waals surface area contributed by atoms with Crippen LogP contribution in [0.15, 0.2) is 121 Å². The van der Waals surface area contributed by atoms with Gasteiger partial charge in [0.2, 0.25) is 11.8 Å². The number of amides is 2. The first-order valence-electron chi connectivity index (χ1n) is 16.3. The van der Waals surface area contributed by atoms with Crippen molar-refractivity contribution >= 4 is 40.8 Å². The van der Waals surface area contributed by atoms with Crippen molar-refractivity contribution in [1.29, 1.82) is 0 Å². The molecule has 1 atom stereocenters. The Kier molecular flexibility index (Phi) is 12.8. The zero-order chi connectivity index (χ0) is 36.4. The fraction of sp³-hybridized carbons (Fsp3) is 0.225. The summed E-state index contributed by atoms with van der Waals surface area (Å²) in [6, 6.07) is 30.4.